The van der Waals surface area contributed by atoms with Crippen molar-refractivity contribution in [2.45, 2.75) is 20.5 Å². The van der Waals surface area contributed by atoms with Crippen LogP contribution in [-0.2, 0) is 6.61 Å². The van der Waals surface area contributed by atoms with Gasteiger partial charge in [-0.3, -0.25) is 4.79 Å². The van der Waals surface area contributed by atoms with Gasteiger partial charge in [-0.2, -0.15) is 9.47 Å². The molecule has 0 aliphatic heterocycles. The van der Waals surface area contributed by atoms with Crippen molar-refractivity contribution in [3.8, 4) is 5.75 Å². The van der Waals surface area contributed by atoms with E-state index in [-0.39, 0.29) is 5.91 Å². The van der Waals surface area contributed by atoms with E-state index in [9.17, 15) is 4.79 Å². The quantitative estimate of drug-likeness (QED) is 0.503. The first-order valence-electron chi connectivity index (χ1n) is 8.38. The van der Waals surface area contributed by atoms with Crippen LogP contribution in [-0.4, -0.2) is 16.0 Å². The van der Waals surface area contributed by atoms with E-state index >= 15 is 0 Å². The molecule has 0 fully saturated rings. The van der Waals surface area contributed by atoms with Gasteiger partial charge in [-0.05, 0) is 55.2 Å². The average Bonchev–Trinajstić information content (AvgIpc) is 3.03. The fourth-order valence-electron chi connectivity index (χ4n) is 2.52. The molecule has 3 rings (SSSR count). The summed E-state index contributed by atoms with van der Waals surface area (Å²) in [6.45, 7) is 4.09. The molecule has 1 aromatic heterocycles. The standard InChI is InChI=1S/C20H20N4O2S/c1-13(18-14(2)24-27-19(18)21)22-23-20(25)16-10-8-15(9-11-16)12-26-17-6-4-3-5-7-17/h3-11H,12,21H2,1-2H3,(H,23,25)/b22-13-. The first-order valence-corrected chi connectivity index (χ1v) is 9.15. The molecule has 1 amide bonds. The van der Waals surface area contributed by atoms with Gasteiger partial charge >= 0.3 is 0 Å². The highest BCUT2D eigenvalue weighted by Gasteiger charge is 2.12. The zero-order chi connectivity index (χ0) is 19.2. The zero-order valence-electron chi connectivity index (χ0n) is 15.1. The molecule has 1 heterocycles. The first-order chi connectivity index (χ1) is 13.0. The maximum atomic E-state index is 12.3. The van der Waals surface area contributed by atoms with Crippen LogP contribution >= 0.6 is 11.5 Å². The van der Waals surface area contributed by atoms with Gasteiger partial charge < -0.3 is 10.5 Å². The Hall–Kier alpha value is -3.19. The molecule has 3 aromatic rings. The molecule has 0 atom stereocenters. The van der Waals surface area contributed by atoms with Crippen molar-refractivity contribution in [2.24, 2.45) is 5.10 Å². The minimum Gasteiger partial charge on any atom is -0.489 e. The lowest BCUT2D eigenvalue weighted by molar-refractivity contribution is 0.0955. The Morgan fingerprint density at radius 1 is 1.19 bits per heavy atom. The summed E-state index contributed by atoms with van der Waals surface area (Å²) >= 11 is 1.22. The number of anilines is 1. The van der Waals surface area contributed by atoms with Crippen LogP contribution in [0.25, 0.3) is 0 Å². The minimum absolute atomic E-state index is 0.288. The van der Waals surface area contributed by atoms with E-state index in [1.54, 1.807) is 19.1 Å². The van der Waals surface area contributed by atoms with Crippen molar-refractivity contribution in [1.82, 2.24) is 9.80 Å². The molecule has 0 radical (unpaired) electrons. The number of hydrazone groups is 1. The van der Waals surface area contributed by atoms with Crippen molar-refractivity contribution in [3.05, 3.63) is 77.0 Å². The van der Waals surface area contributed by atoms with E-state index in [1.165, 1.54) is 11.5 Å². The predicted octanol–water partition coefficient (Wildman–Crippen LogP) is 3.77. The summed E-state index contributed by atoms with van der Waals surface area (Å²) in [5.41, 5.74) is 12.1. The molecule has 2 aromatic carbocycles. The Morgan fingerprint density at radius 2 is 1.89 bits per heavy atom. The monoisotopic (exact) mass is 380 g/mol. The Balaban J connectivity index is 1.59. The normalized spacial score (nSPS) is 11.3. The number of hydrogen-bond donors (Lipinski definition) is 2. The summed E-state index contributed by atoms with van der Waals surface area (Å²) in [6.07, 6.45) is 0. The molecule has 0 unspecified atom stereocenters. The van der Waals surface area contributed by atoms with Crippen molar-refractivity contribution in [2.75, 3.05) is 5.73 Å². The fourth-order valence-corrected chi connectivity index (χ4v) is 3.23. The Morgan fingerprint density at radius 3 is 2.52 bits per heavy atom. The Labute approximate surface area is 161 Å². The van der Waals surface area contributed by atoms with Crippen LogP contribution in [0.15, 0.2) is 59.7 Å². The van der Waals surface area contributed by atoms with E-state index in [1.807, 2.05) is 49.4 Å². The fraction of sp³-hybridized carbons (Fsp3) is 0.150. The molecule has 0 aliphatic rings. The summed E-state index contributed by atoms with van der Waals surface area (Å²) in [5, 5.41) is 4.73. The number of carbonyl (C=O) groups is 1. The number of para-hydroxylation sites is 1. The van der Waals surface area contributed by atoms with Crippen molar-refractivity contribution in [1.29, 1.82) is 0 Å². The molecule has 7 heteroatoms. The molecule has 3 N–H and O–H groups in total. The van der Waals surface area contributed by atoms with Crippen molar-refractivity contribution < 1.29 is 9.53 Å². The number of ether oxygens (including phenoxy) is 1. The van der Waals surface area contributed by atoms with Gasteiger partial charge in [-0.1, -0.05) is 30.3 Å². The number of aromatic nitrogens is 1. The number of rotatable bonds is 6. The lowest BCUT2D eigenvalue weighted by Crippen LogP contribution is -2.19. The lowest BCUT2D eigenvalue weighted by atomic mass is 10.1. The van der Waals surface area contributed by atoms with E-state index in [4.69, 9.17) is 10.5 Å². The third-order valence-corrected chi connectivity index (χ3v) is 4.71. The van der Waals surface area contributed by atoms with Gasteiger partial charge in [0.25, 0.3) is 5.91 Å². The molecule has 0 saturated heterocycles. The number of hydrogen-bond acceptors (Lipinski definition) is 6. The second kappa shape index (κ2) is 8.46. The van der Waals surface area contributed by atoms with E-state index in [0.29, 0.717) is 22.9 Å². The SMILES string of the molecule is C/C(=N/NC(=O)c1ccc(COc2ccccc2)cc1)c1c(C)nsc1N. The topological polar surface area (TPSA) is 89.6 Å². The molecule has 0 bridgehead atoms. The van der Waals surface area contributed by atoms with Crippen LogP contribution in [0.1, 0.15) is 34.1 Å². The summed E-state index contributed by atoms with van der Waals surface area (Å²) in [5.74, 6) is 0.519. The molecule has 6 nitrogen and oxygen atoms in total. The van der Waals surface area contributed by atoms with Gasteiger partial charge in [-0.25, -0.2) is 5.43 Å². The summed E-state index contributed by atoms with van der Waals surface area (Å²) in [6, 6.07) is 16.8. The van der Waals surface area contributed by atoms with Crippen molar-refractivity contribution in [3.63, 3.8) is 0 Å². The minimum atomic E-state index is -0.288. The van der Waals surface area contributed by atoms with Crippen molar-refractivity contribution >= 4 is 28.2 Å². The largest absolute Gasteiger partial charge is 0.489 e. The molecule has 138 valence electrons. The smallest absolute Gasteiger partial charge is 0.271 e. The first kappa shape index (κ1) is 18.6. The molecule has 0 aliphatic carbocycles. The maximum absolute atomic E-state index is 12.3. The zero-order valence-corrected chi connectivity index (χ0v) is 15.9. The summed E-state index contributed by atoms with van der Waals surface area (Å²) in [7, 11) is 0. The molecule has 27 heavy (non-hydrogen) atoms. The van der Waals surface area contributed by atoms with Gasteiger partial charge in [0, 0.05) is 5.56 Å². The maximum Gasteiger partial charge on any atom is 0.271 e. The Bertz CT molecular complexity index is 930. The van der Waals surface area contributed by atoms with Gasteiger partial charge in [-0.15, -0.1) is 0 Å². The molecule has 0 spiro atoms. The highest BCUT2D eigenvalue weighted by molar-refractivity contribution is 7.10. The number of nitrogens with two attached hydrogens (primary N) is 1. The second-order valence-corrected chi connectivity index (χ2v) is 6.75. The van der Waals surface area contributed by atoms with Crippen LogP contribution in [0.5, 0.6) is 5.75 Å². The summed E-state index contributed by atoms with van der Waals surface area (Å²) in [4.78, 5) is 12.3. The van der Waals surface area contributed by atoms with Gasteiger partial charge in [0.2, 0.25) is 0 Å². The van der Waals surface area contributed by atoms with Crippen LogP contribution < -0.4 is 15.9 Å². The predicted molar refractivity (Wildman–Crippen MR) is 108 cm³/mol. The van der Waals surface area contributed by atoms with Crippen LogP contribution in [0.3, 0.4) is 0 Å². The molecule has 0 saturated carbocycles. The van der Waals surface area contributed by atoms with Gasteiger partial charge in [0.1, 0.15) is 17.4 Å². The van der Waals surface area contributed by atoms with E-state index < -0.39 is 0 Å². The third-order valence-electron chi connectivity index (χ3n) is 3.94. The number of nitrogens with one attached hydrogen (secondary N) is 1. The van der Waals surface area contributed by atoms with Crippen LogP contribution in [0, 0.1) is 6.92 Å². The van der Waals surface area contributed by atoms with E-state index in [2.05, 4.69) is 14.9 Å². The molecular weight excluding hydrogens is 360 g/mol. The highest BCUT2D eigenvalue weighted by Crippen LogP contribution is 2.21. The lowest BCUT2D eigenvalue weighted by Gasteiger charge is -2.07. The highest BCUT2D eigenvalue weighted by atomic mass is 32.1. The Kier molecular flexibility index (Phi) is 5.83. The number of nitrogen functional groups attached to an aromatic ring is 1. The summed E-state index contributed by atoms with van der Waals surface area (Å²) < 4.78 is 9.88. The number of benzene rings is 2. The number of aryl methyl sites for hydroxylation is 1. The van der Waals surface area contributed by atoms with Gasteiger partial charge in [0.05, 0.1) is 17.0 Å². The van der Waals surface area contributed by atoms with Gasteiger partial charge in [0.15, 0.2) is 0 Å². The number of amides is 1. The number of carbonyl (C=O) groups excluding carboxylic acids is 1. The second-order valence-electron chi connectivity index (χ2n) is 5.94. The average molecular weight is 380 g/mol. The third kappa shape index (κ3) is 4.71. The number of nitrogens with zero attached hydrogens (tertiary/aromatic N) is 2. The van der Waals surface area contributed by atoms with Crippen LogP contribution in [0.4, 0.5) is 5.00 Å². The van der Waals surface area contributed by atoms with E-state index in [0.717, 1.165) is 22.6 Å². The van der Waals surface area contributed by atoms with Crippen LogP contribution in [0.2, 0.25) is 0 Å². The molecular formula is C20H20N4O2S.